The maximum atomic E-state index is 13.6. The first kappa shape index (κ1) is 25.3. The minimum atomic E-state index is -0.608. The summed E-state index contributed by atoms with van der Waals surface area (Å²) in [4.78, 5) is 51.0. The maximum absolute atomic E-state index is 13.6. The second-order valence-electron chi connectivity index (χ2n) is 10.6. The summed E-state index contributed by atoms with van der Waals surface area (Å²) < 4.78 is 8.55. The number of rotatable bonds is 4. The molecule has 0 unspecified atom stereocenters. The lowest BCUT2D eigenvalue weighted by Crippen LogP contribution is -2.49. The second kappa shape index (κ2) is 9.48. The van der Waals surface area contributed by atoms with Gasteiger partial charge in [0.2, 0.25) is 17.8 Å². The number of benzene rings is 1. The Labute approximate surface area is 219 Å². The molecular weight excluding hydrogens is 488 g/mol. The molecule has 3 aromatic rings. The molecule has 198 valence electrons. The van der Waals surface area contributed by atoms with E-state index in [2.05, 4.69) is 16.4 Å². The van der Waals surface area contributed by atoms with Crippen molar-refractivity contribution in [2.45, 2.75) is 58.3 Å². The summed E-state index contributed by atoms with van der Waals surface area (Å²) in [5.74, 6) is 0.548. The van der Waals surface area contributed by atoms with E-state index in [1.807, 2.05) is 37.8 Å². The molecule has 1 saturated heterocycles. The fourth-order valence-electron chi connectivity index (χ4n) is 4.92. The molecule has 1 aromatic carbocycles. The van der Waals surface area contributed by atoms with Crippen LogP contribution < -0.4 is 20.7 Å². The van der Waals surface area contributed by atoms with E-state index in [1.165, 1.54) is 9.47 Å². The van der Waals surface area contributed by atoms with Crippen molar-refractivity contribution in [3.05, 3.63) is 45.7 Å². The van der Waals surface area contributed by atoms with Crippen LogP contribution in [0.1, 0.15) is 44.7 Å². The van der Waals surface area contributed by atoms with E-state index in [-0.39, 0.29) is 47.7 Å². The molecule has 0 saturated carbocycles. The third-order valence-corrected chi connectivity index (χ3v) is 6.68. The van der Waals surface area contributed by atoms with Gasteiger partial charge in [-0.05, 0) is 45.2 Å². The number of likely N-dealkylation sites (N-methyl/N-ethyl adjacent to an activating group) is 1. The molecule has 12 heteroatoms. The Hall–Kier alpha value is -4.40. The number of carbonyl (C=O) groups excluding carboxylic acids is 2. The van der Waals surface area contributed by atoms with Crippen LogP contribution >= 0.6 is 0 Å². The van der Waals surface area contributed by atoms with Gasteiger partial charge in [0.1, 0.15) is 12.1 Å². The Morgan fingerprint density at radius 3 is 2.68 bits per heavy atom. The molecule has 38 heavy (non-hydrogen) atoms. The van der Waals surface area contributed by atoms with Gasteiger partial charge in [-0.15, -0.1) is 0 Å². The van der Waals surface area contributed by atoms with Crippen molar-refractivity contribution in [1.29, 1.82) is 5.26 Å². The van der Waals surface area contributed by atoms with Gasteiger partial charge in [-0.25, -0.2) is 4.79 Å². The number of alkyl carbamates (subject to hydrolysis) is 1. The van der Waals surface area contributed by atoms with Crippen molar-refractivity contribution in [2.75, 3.05) is 29.9 Å². The zero-order valence-electron chi connectivity index (χ0n) is 21.9. The quantitative estimate of drug-likeness (QED) is 0.553. The van der Waals surface area contributed by atoms with Gasteiger partial charge in [-0.1, -0.05) is 18.2 Å². The fourth-order valence-corrected chi connectivity index (χ4v) is 4.92. The molecule has 4 heterocycles. The SMILES string of the molecule is CN1C(=O)Cn2c1nc1nc(N3CCC[C@@H](NC(=O)OC(C)(C)C)C3)n(Cc3ccccc3C#N)c1c2=O. The Balaban J connectivity index is 1.57. The minimum absolute atomic E-state index is 0.0888. The van der Waals surface area contributed by atoms with Crippen molar-refractivity contribution in [3.63, 3.8) is 0 Å². The average Bonchev–Trinajstić information content (AvgIpc) is 3.36. The number of ether oxygens (including phenoxy) is 1. The minimum Gasteiger partial charge on any atom is -0.444 e. The number of imidazole rings is 1. The summed E-state index contributed by atoms with van der Waals surface area (Å²) in [6.45, 7) is 6.70. The lowest BCUT2D eigenvalue weighted by molar-refractivity contribution is -0.117. The van der Waals surface area contributed by atoms with Gasteiger partial charge >= 0.3 is 6.09 Å². The van der Waals surface area contributed by atoms with Gasteiger partial charge in [0, 0.05) is 26.2 Å². The molecule has 1 N–H and O–H groups in total. The molecule has 2 aromatic heterocycles. The molecular formula is C26H30N8O4. The molecule has 5 rings (SSSR count). The monoisotopic (exact) mass is 518 g/mol. The highest BCUT2D eigenvalue weighted by Gasteiger charge is 2.32. The van der Waals surface area contributed by atoms with E-state index in [0.29, 0.717) is 24.6 Å². The van der Waals surface area contributed by atoms with Gasteiger partial charge < -0.3 is 15.0 Å². The summed E-state index contributed by atoms with van der Waals surface area (Å²) in [5.41, 5.74) is 0.748. The van der Waals surface area contributed by atoms with Crippen molar-refractivity contribution < 1.29 is 14.3 Å². The molecule has 0 bridgehead atoms. The normalized spacial score (nSPS) is 17.4. The van der Waals surface area contributed by atoms with E-state index in [9.17, 15) is 19.6 Å². The molecule has 2 aliphatic heterocycles. The van der Waals surface area contributed by atoms with Crippen LogP contribution in [0.2, 0.25) is 0 Å². The number of carbonyl (C=O) groups is 2. The van der Waals surface area contributed by atoms with Crippen LogP contribution in [0, 0.1) is 11.3 Å². The number of nitriles is 1. The topological polar surface area (TPSA) is 138 Å². The van der Waals surface area contributed by atoms with Gasteiger partial charge in [-0.3, -0.25) is 23.6 Å². The zero-order valence-corrected chi connectivity index (χ0v) is 21.9. The number of piperidine rings is 1. The number of fused-ring (bicyclic) bond motifs is 2. The summed E-state index contributed by atoms with van der Waals surface area (Å²) in [5, 5.41) is 12.6. The van der Waals surface area contributed by atoms with Gasteiger partial charge in [0.25, 0.3) is 5.56 Å². The van der Waals surface area contributed by atoms with Crippen molar-refractivity contribution in [3.8, 4) is 6.07 Å². The maximum Gasteiger partial charge on any atom is 0.407 e. The van der Waals surface area contributed by atoms with Gasteiger partial charge in [-0.2, -0.15) is 15.2 Å². The predicted octanol–water partition coefficient (Wildman–Crippen LogP) is 1.98. The predicted molar refractivity (Wildman–Crippen MR) is 140 cm³/mol. The summed E-state index contributed by atoms with van der Waals surface area (Å²) >= 11 is 0. The first-order chi connectivity index (χ1) is 18.1. The average molecular weight is 519 g/mol. The molecule has 0 aliphatic carbocycles. The Morgan fingerprint density at radius 2 is 1.95 bits per heavy atom. The van der Waals surface area contributed by atoms with E-state index in [1.54, 1.807) is 23.7 Å². The number of aromatic nitrogens is 4. The lowest BCUT2D eigenvalue weighted by atomic mass is 10.1. The third kappa shape index (κ3) is 4.67. The van der Waals surface area contributed by atoms with Crippen LogP contribution in [0.3, 0.4) is 0 Å². The van der Waals surface area contributed by atoms with Crippen LogP contribution in [0.15, 0.2) is 29.1 Å². The second-order valence-corrected chi connectivity index (χ2v) is 10.6. The summed E-state index contributed by atoms with van der Waals surface area (Å²) in [6, 6.07) is 9.23. The van der Waals surface area contributed by atoms with E-state index in [4.69, 9.17) is 9.72 Å². The molecule has 2 aliphatic rings. The molecule has 1 fully saturated rings. The van der Waals surface area contributed by atoms with Crippen LogP contribution in [0.5, 0.6) is 0 Å². The first-order valence-corrected chi connectivity index (χ1v) is 12.6. The van der Waals surface area contributed by atoms with Crippen molar-refractivity contribution in [1.82, 2.24) is 24.4 Å². The van der Waals surface area contributed by atoms with Crippen LogP contribution in [0.4, 0.5) is 16.7 Å². The highest BCUT2D eigenvalue weighted by Crippen LogP contribution is 2.27. The molecule has 12 nitrogen and oxygen atoms in total. The molecule has 2 amide bonds. The van der Waals surface area contributed by atoms with E-state index in [0.717, 1.165) is 18.4 Å². The van der Waals surface area contributed by atoms with Crippen LogP contribution in [0.25, 0.3) is 11.2 Å². The zero-order chi connectivity index (χ0) is 27.2. The Morgan fingerprint density at radius 1 is 1.21 bits per heavy atom. The summed E-state index contributed by atoms with van der Waals surface area (Å²) in [7, 11) is 1.58. The molecule has 0 radical (unpaired) electrons. The van der Waals surface area contributed by atoms with Crippen molar-refractivity contribution in [2.24, 2.45) is 0 Å². The lowest BCUT2D eigenvalue weighted by Gasteiger charge is -2.34. The smallest absolute Gasteiger partial charge is 0.407 e. The molecule has 0 spiro atoms. The van der Waals surface area contributed by atoms with Gasteiger partial charge in [0.15, 0.2) is 11.2 Å². The van der Waals surface area contributed by atoms with E-state index < -0.39 is 11.7 Å². The summed E-state index contributed by atoms with van der Waals surface area (Å²) in [6.07, 6.45) is 1.08. The van der Waals surface area contributed by atoms with Crippen LogP contribution in [-0.4, -0.2) is 62.9 Å². The molecule has 1 atom stereocenters. The van der Waals surface area contributed by atoms with Crippen LogP contribution in [-0.2, 0) is 22.6 Å². The standard InChI is InChI=1S/C26H30N8O4/c1-26(2,3)38-25(37)28-18-10-7-11-32(14-18)24-30-21-20(22(36)34-15-19(35)31(4)23(34)29-21)33(24)13-17-9-6-5-8-16(17)12-27/h5-6,8-9,18H,7,10-11,13-15H2,1-4H3,(H,28,37)/t18-/m1/s1. The number of anilines is 2. The number of hydrogen-bond donors (Lipinski definition) is 1. The fraction of sp³-hybridized carbons (Fsp3) is 0.462. The van der Waals surface area contributed by atoms with E-state index >= 15 is 0 Å². The Kier molecular flexibility index (Phi) is 6.30. The highest BCUT2D eigenvalue weighted by molar-refractivity contribution is 5.95. The highest BCUT2D eigenvalue weighted by atomic mass is 16.6. The van der Waals surface area contributed by atoms with Crippen molar-refractivity contribution >= 4 is 35.1 Å². The largest absolute Gasteiger partial charge is 0.444 e. The number of nitrogens with zero attached hydrogens (tertiary/aromatic N) is 7. The third-order valence-electron chi connectivity index (χ3n) is 6.68. The number of amides is 2. The number of hydrogen-bond acceptors (Lipinski definition) is 8. The Bertz CT molecular complexity index is 1530. The first-order valence-electron chi connectivity index (χ1n) is 12.6. The van der Waals surface area contributed by atoms with Gasteiger partial charge in [0.05, 0.1) is 18.2 Å². The number of nitrogens with one attached hydrogen (secondary N) is 1.